The van der Waals surface area contributed by atoms with E-state index in [9.17, 15) is 0 Å². The summed E-state index contributed by atoms with van der Waals surface area (Å²) in [7, 11) is 1.75. The van der Waals surface area contributed by atoms with E-state index in [2.05, 4.69) is 26.1 Å². The molecular formula is C14H29NO2. The molecule has 1 saturated carbocycles. The van der Waals surface area contributed by atoms with E-state index in [1.807, 2.05) is 0 Å². The topological polar surface area (TPSA) is 30.5 Å². The summed E-state index contributed by atoms with van der Waals surface area (Å²) in [6, 6.07) is 0.503. The molecular weight excluding hydrogens is 214 g/mol. The Bertz CT molecular complexity index is 197. The van der Waals surface area contributed by atoms with E-state index in [1.54, 1.807) is 7.11 Å². The van der Waals surface area contributed by atoms with Crippen LogP contribution in [-0.2, 0) is 9.47 Å². The minimum Gasteiger partial charge on any atom is -0.382 e. The van der Waals surface area contributed by atoms with Crippen LogP contribution in [-0.4, -0.2) is 38.5 Å². The Morgan fingerprint density at radius 1 is 1.29 bits per heavy atom. The SMILES string of the molecule is COCC(CNC(C)C)OC1CCCC(C)C1. The van der Waals surface area contributed by atoms with Crippen LogP contribution < -0.4 is 5.32 Å². The third-order valence-corrected chi connectivity index (χ3v) is 3.38. The van der Waals surface area contributed by atoms with Gasteiger partial charge in [-0.25, -0.2) is 0 Å². The van der Waals surface area contributed by atoms with Crippen molar-refractivity contribution in [3.63, 3.8) is 0 Å². The molecule has 1 fully saturated rings. The zero-order chi connectivity index (χ0) is 12.7. The summed E-state index contributed by atoms with van der Waals surface area (Å²) in [6.45, 7) is 8.22. The van der Waals surface area contributed by atoms with Crippen LogP contribution in [0.2, 0.25) is 0 Å². The van der Waals surface area contributed by atoms with Gasteiger partial charge in [-0.2, -0.15) is 0 Å². The molecule has 0 saturated heterocycles. The molecule has 0 aromatic rings. The number of hydrogen-bond donors (Lipinski definition) is 1. The van der Waals surface area contributed by atoms with Crippen molar-refractivity contribution in [2.75, 3.05) is 20.3 Å². The summed E-state index contributed by atoms with van der Waals surface area (Å²) in [4.78, 5) is 0. The van der Waals surface area contributed by atoms with Crippen molar-refractivity contribution in [1.29, 1.82) is 0 Å². The molecule has 0 amide bonds. The standard InChI is InChI=1S/C14H29NO2/c1-11(2)15-9-14(10-16-4)17-13-7-5-6-12(3)8-13/h11-15H,5-10H2,1-4H3. The average molecular weight is 243 g/mol. The summed E-state index contributed by atoms with van der Waals surface area (Å²) in [6.07, 6.45) is 5.72. The Morgan fingerprint density at radius 2 is 2.06 bits per heavy atom. The van der Waals surface area contributed by atoms with Crippen molar-refractivity contribution in [2.45, 2.75) is 64.7 Å². The predicted molar refractivity (Wildman–Crippen MR) is 71.3 cm³/mol. The highest BCUT2D eigenvalue weighted by atomic mass is 16.5. The molecule has 1 aliphatic rings. The molecule has 3 nitrogen and oxygen atoms in total. The fraction of sp³-hybridized carbons (Fsp3) is 1.00. The quantitative estimate of drug-likeness (QED) is 0.745. The van der Waals surface area contributed by atoms with E-state index in [0.29, 0.717) is 18.8 Å². The van der Waals surface area contributed by atoms with Gasteiger partial charge in [-0.15, -0.1) is 0 Å². The van der Waals surface area contributed by atoms with Gasteiger partial charge in [0.05, 0.1) is 18.8 Å². The van der Waals surface area contributed by atoms with Crippen molar-refractivity contribution in [3.05, 3.63) is 0 Å². The summed E-state index contributed by atoms with van der Waals surface area (Å²) in [5.41, 5.74) is 0. The monoisotopic (exact) mass is 243 g/mol. The largest absolute Gasteiger partial charge is 0.382 e. The molecule has 0 heterocycles. The van der Waals surface area contributed by atoms with Gasteiger partial charge in [0.25, 0.3) is 0 Å². The predicted octanol–water partition coefficient (Wildman–Crippen LogP) is 2.59. The number of methoxy groups -OCH3 is 1. The van der Waals surface area contributed by atoms with Gasteiger partial charge in [-0.3, -0.25) is 0 Å². The smallest absolute Gasteiger partial charge is 0.0936 e. The normalized spacial score (nSPS) is 27.4. The van der Waals surface area contributed by atoms with Crippen LogP contribution in [0.1, 0.15) is 46.5 Å². The summed E-state index contributed by atoms with van der Waals surface area (Å²) < 4.78 is 11.4. The first-order valence-electron chi connectivity index (χ1n) is 6.99. The van der Waals surface area contributed by atoms with Crippen LogP contribution in [0.25, 0.3) is 0 Å². The highest BCUT2D eigenvalue weighted by molar-refractivity contribution is 4.73. The summed E-state index contributed by atoms with van der Waals surface area (Å²) in [5.74, 6) is 0.815. The molecule has 3 unspecified atom stereocenters. The van der Waals surface area contributed by atoms with Crippen LogP contribution in [0.5, 0.6) is 0 Å². The van der Waals surface area contributed by atoms with Gasteiger partial charge < -0.3 is 14.8 Å². The van der Waals surface area contributed by atoms with Gasteiger partial charge in [-0.1, -0.05) is 33.6 Å². The van der Waals surface area contributed by atoms with Crippen molar-refractivity contribution in [1.82, 2.24) is 5.32 Å². The molecule has 0 radical (unpaired) electrons. The lowest BCUT2D eigenvalue weighted by atomic mass is 9.88. The summed E-state index contributed by atoms with van der Waals surface area (Å²) >= 11 is 0. The zero-order valence-corrected chi connectivity index (χ0v) is 11.9. The molecule has 0 aromatic heterocycles. The highest BCUT2D eigenvalue weighted by Gasteiger charge is 2.22. The first kappa shape index (κ1) is 14.9. The minimum atomic E-state index is 0.192. The second kappa shape index (κ2) is 8.06. The van der Waals surface area contributed by atoms with E-state index in [4.69, 9.17) is 9.47 Å². The fourth-order valence-corrected chi connectivity index (χ4v) is 2.47. The van der Waals surface area contributed by atoms with Crippen LogP contribution >= 0.6 is 0 Å². The Hall–Kier alpha value is -0.120. The number of hydrogen-bond acceptors (Lipinski definition) is 3. The molecule has 102 valence electrons. The zero-order valence-electron chi connectivity index (χ0n) is 11.9. The lowest BCUT2D eigenvalue weighted by Gasteiger charge is -2.30. The molecule has 0 bridgehead atoms. The van der Waals surface area contributed by atoms with Crippen molar-refractivity contribution in [2.24, 2.45) is 5.92 Å². The lowest BCUT2D eigenvalue weighted by molar-refractivity contribution is -0.0663. The Kier molecular flexibility index (Phi) is 7.09. The maximum absolute atomic E-state index is 6.17. The summed E-state index contributed by atoms with van der Waals surface area (Å²) in [5, 5.41) is 3.43. The molecule has 3 atom stereocenters. The average Bonchev–Trinajstić information content (AvgIpc) is 2.26. The van der Waals surface area contributed by atoms with Gasteiger partial charge in [0.15, 0.2) is 0 Å². The Balaban J connectivity index is 2.31. The van der Waals surface area contributed by atoms with E-state index >= 15 is 0 Å². The number of ether oxygens (including phenoxy) is 2. The molecule has 3 heteroatoms. The van der Waals surface area contributed by atoms with Crippen LogP contribution in [0.15, 0.2) is 0 Å². The van der Waals surface area contributed by atoms with Crippen molar-refractivity contribution >= 4 is 0 Å². The molecule has 1 rings (SSSR count). The molecule has 1 aliphatic carbocycles. The number of rotatable bonds is 7. The van der Waals surface area contributed by atoms with Crippen LogP contribution in [0.3, 0.4) is 0 Å². The van der Waals surface area contributed by atoms with E-state index in [-0.39, 0.29) is 6.10 Å². The highest BCUT2D eigenvalue weighted by Crippen LogP contribution is 2.26. The second-order valence-electron chi connectivity index (χ2n) is 5.67. The van der Waals surface area contributed by atoms with Crippen LogP contribution in [0.4, 0.5) is 0 Å². The third kappa shape index (κ3) is 6.39. The first-order chi connectivity index (χ1) is 8.11. The number of nitrogens with one attached hydrogen (secondary N) is 1. The minimum absolute atomic E-state index is 0.192. The van der Waals surface area contributed by atoms with Gasteiger partial charge in [-0.05, 0) is 18.8 Å². The van der Waals surface area contributed by atoms with Gasteiger partial charge in [0.1, 0.15) is 0 Å². The van der Waals surface area contributed by atoms with Crippen LogP contribution in [0, 0.1) is 5.92 Å². The van der Waals surface area contributed by atoms with Crippen molar-refractivity contribution < 1.29 is 9.47 Å². The maximum Gasteiger partial charge on any atom is 0.0936 e. The van der Waals surface area contributed by atoms with Crippen molar-refractivity contribution in [3.8, 4) is 0 Å². The second-order valence-corrected chi connectivity index (χ2v) is 5.67. The van der Waals surface area contributed by atoms with Gasteiger partial charge >= 0.3 is 0 Å². The Labute approximate surface area is 106 Å². The van der Waals surface area contributed by atoms with E-state index in [0.717, 1.165) is 12.5 Å². The third-order valence-electron chi connectivity index (χ3n) is 3.38. The van der Waals surface area contributed by atoms with Gasteiger partial charge in [0, 0.05) is 19.7 Å². The molecule has 0 aliphatic heterocycles. The fourth-order valence-electron chi connectivity index (χ4n) is 2.47. The molecule has 0 aromatic carbocycles. The molecule has 1 N–H and O–H groups in total. The maximum atomic E-state index is 6.17. The Morgan fingerprint density at radius 3 is 2.65 bits per heavy atom. The first-order valence-corrected chi connectivity index (χ1v) is 6.99. The van der Waals surface area contributed by atoms with E-state index < -0.39 is 0 Å². The lowest BCUT2D eigenvalue weighted by Crippen LogP contribution is -2.39. The molecule has 0 spiro atoms. The molecule has 17 heavy (non-hydrogen) atoms. The van der Waals surface area contributed by atoms with E-state index in [1.165, 1.54) is 25.7 Å². The van der Waals surface area contributed by atoms with Gasteiger partial charge in [0.2, 0.25) is 0 Å².